The van der Waals surface area contributed by atoms with Crippen molar-refractivity contribution < 1.29 is 19.8 Å². The van der Waals surface area contributed by atoms with E-state index in [0.29, 0.717) is 29.6 Å². The highest BCUT2D eigenvalue weighted by Gasteiger charge is 2.09. The van der Waals surface area contributed by atoms with E-state index in [0.717, 1.165) is 13.0 Å². The lowest BCUT2D eigenvalue weighted by Gasteiger charge is -2.12. The van der Waals surface area contributed by atoms with Gasteiger partial charge in [-0.05, 0) is 18.6 Å². The first kappa shape index (κ1) is 21.4. The van der Waals surface area contributed by atoms with Gasteiger partial charge in [0.1, 0.15) is 0 Å². The third-order valence-electron chi connectivity index (χ3n) is 3.97. The number of nitrogens with zero attached hydrogens (tertiary/aromatic N) is 4. The number of carboxylic acid groups (broad SMARTS) is 2. The van der Waals surface area contributed by atoms with Crippen molar-refractivity contribution in [1.82, 2.24) is 18.7 Å². The molecule has 2 aromatic heterocycles. The first-order chi connectivity index (χ1) is 13.8. The summed E-state index contributed by atoms with van der Waals surface area (Å²) in [7, 11) is 1.52. The molecule has 0 radical (unpaired) electrons. The summed E-state index contributed by atoms with van der Waals surface area (Å²) in [6.07, 6.45) is 7.28. The van der Waals surface area contributed by atoms with Crippen LogP contribution in [0.15, 0.2) is 64.7 Å². The normalized spacial score (nSPS) is 10.7. The second kappa shape index (κ2) is 9.83. The Hall–Kier alpha value is -3.95. The van der Waals surface area contributed by atoms with Crippen LogP contribution in [0.1, 0.15) is 6.42 Å². The molecule has 2 heterocycles. The Bertz CT molecular complexity index is 1130. The molecule has 0 fully saturated rings. The molecule has 2 N–H and O–H groups in total. The summed E-state index contributed by atoms with van der Waals surface area (Å²) in [6.45, 7) is 1.34. The average molecular weight is 400 g/mol. The number of hydrogen-bond acceptors (Lipinski definition) is 5. The van der Waals surface area contributed by atoms with Gasteiger partial charge >= 0.3 is 17.6 Å². The van der Waals surface area contributed by atoms with Crippen molar-refractivity contribution in [1.29, 1.82) is 0 Å². The lowest BCUT2D eigenvalue weighted by atomic mass is 10.2. The van der Waals surface area contributed by atoms with Crippen LogP contribution < -0.4 is 11.2 Å². The maximum atomic E-state index is 12.3. The summed E-state index contributed by atoms with van der Waals surface area (Å²) in [5.41, 5.74) is 0.169. The molecule has 0 amide bonds. The fourth-order valence-corrected chi connectivity index (χ4v) is 2.63. The van der Waals surface area contributed by atoms with E-state index in [1.807, 2.05) is 29.0 Å². The van der Waals surface area contributed by atoms with Crippen molar-refractivity contribution in [3.8, 4) is 0 Å². The fraction of sp³-hybridized carbons (Fsp3) is 0.211. The van der Waals surface area contributed by atoms with E-state index >= 15 is 0 Å². The molecular weight excluding hydrogens is 380 g/mol. The molecule has 0 saturated heterocycles. The molecular formula is C19H20N4O6. The standard InChI is InChI=1S/C15H16N4O2.C4H4O4/c1-17-14(20)12-5-2-3-6-13(12)19(15(17)21)9-4-8-18-10-7-16-11-18;5-3(6)1-2-4(7)8/h2-3,5-7,10-11H,4,8-9H2,1H3;1-2H,(H,5,6)(H,7,8). The number of imidazole rings is 1. The molecule has 29 heavy (non-hydrogen) atoms. The summed E-state index contributed by atoms with van der Waals surface area (Å²) in [6, 6.07) is 7.22. The van der Waals surface area contributed by atoms with E-state index in [9.17, 15) is 19.2 Å². The van der Waals surface area contributed by atoms with Crippen LogP contribution in [-0.2, 0) is 29.7 Å². The van der Waals surface area contributed by atoms with Gasteiger partial charge in [0.05, 0.1) is 17.2 Å². The predicted molar refractivity (Wildman–Crippen MR) is 105 cm³/mol. The zero-order chi connectivity index (χ0) is 21.4. The predicted octanol–water partition coefficient (Wildman–Crippen LogP) is 0.699. The molecule has 0 spiro atoms. The zero-order valence-electron chi connectivity index (χ0n) is 15.6. The van der Waals surface area contributed by atoms with Crippen LogP contribution in [0, 0.1) is 0 Å². The number of carbonyl (C=O) groups is 2. The highest BCUT2D eigenvalue weighted by molar-refractivity contribution is 5.89. The van der Waals surface area contributed by atoms with Crippen LogP contribution in [0.2, 0.25) is 0 Å². The lowest BCUT2D eigenvalue weighted by molar-refractivity contribution is -0.134. The Labute approximate surface area is 164 Å². The Morgan fingerprint density at radius 2 is 1.72 bits per heavy atom. The summed E-state index contributed by atoms with van der Waals surface area (Å²) in [5, 5.41) is 16.2. The number of hydrogen-bond donors (Lipinski definition) is 2. The minimum absolute atomic E-state index is 0.249. The maximum absolute atomic E-state index is 12.3. The number of aryl methyl sites for hydroxylation is 2. The third kappa shape index (κ3) is 5.76. The molecule has 10 heteroatoms. The molecule has 3 aromatic rings. The highest BCUT2D eigenvalue weighted by Crippen LogP contribution is 2.08. The van der Waals surface area contributed by atoms with Crippen molar-refractivity contribution in [2.75, 3.05) is 0 Å². The molecule has 0 unspecified atom stereocenters. The van der Waals surface area contributed by atoms with Gasteiger partial charge in [0.25, 0.3) is 5.56 Å². The Balaban J connectivity index is 0.000000321. The molecule has 152 valence electrons. The SMILES string of the molecule is Cn1c(=O)c2ccccc2n(CCCn2ccnc2)c1=O.O=C(O)C=CC(=O)O. The van der Waals surface area contributed by atoms with E-state index in [1.165, 1.54) is 11.6 Å². The van der Waals surface area contributed by atoms with E-state index in [2.05, 4.69) is 4.98 Å². The molecule has 0 bridgehead atoms. The average Bonchev–Trinajstić information content (AvgIpc) is 3.21. The van der Waals surface area contributed by atoms with Crippen LogP contribution in [0.4, 0.5) is 0 Å². The van der Waals surface area contributed by atoms with Crippen LogP contribution in [-0.4, -0.2) is 40.8 Å². The third-order valence-corrected chi connectivity index (χ3v) is 3.97. The molecule has 0 aliphatic heterocycles. The Morgan fingerprint density at radius 1 is 1.07 bits per heavy atom. The zero-order valence-corrected chi connectivity index (χ0v) is 15.6. The highest BCUT2D eigenvalue weighted by atomic mass is 16.4. The molecule has 3 rings (SSSR count). The quantitative estimate of drug-likeness (QED) is 0.581. The van der Waals surface area contributed by atoms with Gasteiger partial charge in [0.15, 0.2) is 0 Å². The fourth-order valence-electron chi connectivity index (χ4n) is 2.63. The smallest absolute Gasteiger partial charge is 0.331 e. The van der Waals surface area contributed by atoms with Gasteiger partial charge < -0.3 is 14.8 Å². The van der Waals surface area contributed by atoms with E-state index in [-0.39, 0.29) is 11.2 Å². The monoisotopic (exact) mass is 400 g/mol. The van der Waals surface area contributed by atoms with Gasteiger partial charge in [0.2, 0.25) is 0 Å². The summed E-state index contributed by atoms with van der Waals surface area (Å²) in [5.74, 6) is -2.51. The number of carboxylic acids is 2. The minimum Gasteiger partial charge on any atom is -0.478 e. The second-order valence-corrected chi connectivity index (χ2v) is 5.98. The maximum Gasteiger partial charge on any atom is 0.331 e. The topological polar surface area (TPSA) is 136 Å². The summed E-state index contributed by atoms with van der Waals surface area (Å²) < 4.78 is 4.79. The van der Waals surface area contributed by atoms with E-state index in [4.69, 9.17) is 10.2 Å². The van der Waals surface area contributed by atoms with Crippen molar-refractivity contribution in [3.63, 3.8) is 0 Å². The van der Waals surface area contributed by atoms with Crippen molar-refractivity contribution >= 4 is 22.8 Å². The van der Waals surface area contributed by atoms with Crippen molar-refractivity contribution in [3.05, 3.63) is 76.0 Å². The first-order valence-corrected chi connectivity index (χ1v) is 8.59. The van der Waals surface area contributed by atoms with E-state index in [1.54, 1.807) is 23.2 Å². The number of fused-ring (bicyclic) bond motifs is 1. The summed E-state index contributed by atoms with van der Waals surface area (Å²) >= 11 is 0. The van der Waals surface area contributed by atoms with Gasteiger partial charge in [-0.1, -0.05) is 12.1 Å². The van der Waals surface area contributed by atoms with Gasteiger partial charge in [-0.25, -0.2) is 19.4 Å². The van der Waals surface area contributed by atoms with Crippen LogP contribution in [0.5, 0.6) is 0 Å². The Morgan fingerprint density at radius 3 is 2.31 bits per heavy atom. The number of aromatic nitrogens is 4. The van der Waals surface area contributed by atoms with Crippen molar-refractivity contribution in [2.45, 2.75) is 19.5 Å². The minimum atomic E-state index is -1.26. The van der Waals surface area contributed by atoms with Crippen LogP contribution in [0.3, 0.4) is 0 Å². The van der Waals surface area contributed by atoms with Crippen molar-refractivity contribution in [2.24, 2.45) is 7.05 Å². The van der Waals surface area contributed by atoms with Crippen LogP contribution in [0.25, 0.3) is 10.9 Å². The van der Waals surface area contributed by atoms with Gasteiger partial charge in [-0.15, -0.1) is 0 Å². The Kier molecular flexibility index (Phi) is 7.24. The first-order valence-electron chi connectivity index (χ1n) is 8.59. The van der Waals surface area contributed by atoms with Gasteiger partial charge in [-0.2, -0.15) is 0 Å². The largest absolute Gasteiger partial charge is 0.478 e. The molecule has 0 atom stereocenters. The van der Waals surface area contributed by atoms with E-state index < -0.39 is 11.9 Å². The number of aliphatic carboxylic acids is 2. The summed E-state index contributed by atoms with van der Waals surface area (Å²) in [4.78, 5) is 47.5. The number of benzene rings is 1. The van der Waals surface area contributed by atoms with Gasteiger partial charge in [0, 0.05) is 44.7 Å². The second-order valence-electron chi connectivity index (χ2n) is 5.98. The van der Waals surface area contributed by atoms with Gasteiger partial charge in [-0.3, -0.25) is 13.9 Å². The number of para-hydroxylation sites is 1. The number of rotatable bonds is 6. The molecule has 10 nitrogen and oxygen atoms in total. The molecule has 0 saturated carbocycles. The molecule has 0 aliphatic rings. The molecule has 0 aliphatic carbocycles. The lowest BCUT2D eigenvalue weighted by Crippen LogP contribution is -2.38. The van der Waals surface area contributed by atoms with Crippen LogP contribution >= 0.6 is 0 Å². The molecule has 1 aromatic carbocycles.